The topological polar surface area (TPSA) is 182 Å². The lowest BCUT2D eigenvalue weighted by Crippen LogP contribution is -2.67. The van der Waals surface area contributed by atoms with E-state index in [4.69, 9.17) is 5.73 Å². The maximum absolute atomic E-state index is 14.0. The molecule has 0 aromatic heterocycles. The highest BCUT2D eigenvalue weighted by atomic mass is 16.3. The fourth-order valence-corrected chi connectivity index (χ4v) is 6.49. The second-order valence-electron chi connectivity index (χ2n) is 10.5. The molecular weight excluding hydrogens is 492 g/mol. The van der Waals surface area contributed by atoms with Crippen LogP contribution in [-0.4, -0.2) is 73.6 Å². The number of likely N-dealkylation sites (N-methyl/N-ethyl adjacent to an activating group) is 1. The van der Waals surface area contributed by atoms with Crippen LogP contribution in [0.1, 0.15) is 24.5 Å². The molecule has 10 heteroatoms. The van der Waals surface area contributed by atoms with Crippen molar-refractivity contribution in [2.24, 2.45) is 17.6 Å². The summed E-state index contributed by atoms with van der Waals surface area (Å²) in [6.07, 6.45) is -0.233. The number of carbonyl (C=O) groups is 3. The first-order valence-corrected chi connectivity index (χ1v) is 12.0. The molecule has 3 aliphatic rings. The summed E-state index contributed by atoms with van der Waals surface area (Å²) in [6, 6.07) is 10.6. The van der Waals surface area contributed by atoms with Crippen LogP contribution in [0.15, 0.2) is 59.4 Å². The minimum Gasteiger partial charge on any atom is -0.508 e. The SMILES string of the molecule is CN(C)[C@H]1C(=O)C(C(N)=O)=C(O)[C@]2(O)C(=O)C3=C(O)c4c(O)ccc(-c5ccccc5)c4[C@](C)(O)[C@@H]3C[C@H]12. The number of fused-ring (bicyclic) bond motifs is 3. The van der Waals surface area contributed by atoms with Crippen LogP contribution >= 0.6 is 0 Å². The minimum absolute atomic E-state index is 0.175. The third-order valence-electron chi connectivity index (χ3n) is 8.21. The minimum atomic E-state index is -2.78. The Labute approximate surface area is 217 Å². The Kier molecular flexibility index (Phi) is 5.57. The van der Waals surface area contributed by atoms with Crippen molar-refractivity contribution in [3.8, 4) is 16.9 Å². The number of carbonyl (C=O) groups excluding carboxylic acids is 3. The van der Waals surface area contributed by atoms with Gasteiger partial charge in [-0.2, -0.15) is 0 Å². The largest absolute Gasteiger partial charge is 0.508 e. The van der Waals surface area contributed by atoms with Gasteiger partial charge in [-0.05, 0) is 44.6 Å². The van der Waals surface area contributed by atoms with Crippen molar-refractivity contribution in [1.29, 1.82) is 0 Å². The van der Waals surface area contributed by atoms with Gasteiger partial charge < -0.3 is 31.3 Å². The van der Waals surface area contributed by atoms with E-state index < -0.39 is 75.0 Å². The van der Waals surface area contributed by atoms with Crippen molar-refractivity contribution < 1.29 is 39.9 Å². The third kappa shape index (κ3) is 3.14. The van der Waals surface area contributed by atoms with Gasteiger partial charge in [0, 0.05) is 23.0 Å². The molecule has 0 heterocycles. The molecule has 1 amide bonds. The predicted molar refractivity (Wildman–Crippen MR) is 136 cm³/mol. The molecule has 1 saturated carbocycles. The molecule has 198 valence electrons. The average Bonchev–Trinajstić information content (AvgIpc) is 2.84. The summed E-state index contributed by atoms with van der Waals surface area (Å²) in [5.41, 5.74) is 0.536. The molecule has 2 aromatic rings. The number of phenolic OH excluding ortho intramolecular Hbond substituents is 1. The highest BCUT2D eigenvalue weighted by molar-refractivity contribution is 6.24. The molecule has 7 N–H and O–H groups in total. The van der Waals surface area contributed by atoms with Gasteiger partial charge in [0.15, 0.2) is 11.4 Å². The molecule has 0 aliphatic heterocycles. The zero-order valence-corrected chi connectivity index (χ0v) is 21.0. The van der Waals surface area contributed by atoms with Gasteiger partial charge in [0.1, 0.15) is 22.8 Å². The maximum Gasteiger partial charge on any atom is 0.255 e. The first-order chi connectivity index (χ1) is 17.8. The number of rotatable bonds is 3. The first kappa shape index (κ1) is 25.7. The Bertz CT molecular complexity index is 1470. The highest BCUT2D eigenvalue weighted by Gasteiger charge is 2.66. The molecule has 0 saturated heterocycles. The monoisotopic (exact) mass is 520 g/mol. The lowest BCUT2D eigenvalue weighted by Gasteiger charge is -2.53. The molecule has 2 aromatic carbocycles. The number of ketones is 2. The number of nitrogens with zero attached hydrogens (tertiary/aromatic N) is 1. The van der Waals surface area contributed by atoms with Crippen LogP contribution in [0.5, 0.6) is 5.75 Å². The molecule has 0 bridgehead atoms. The van der Waals surface area contributed by atoms with Crippen LogP contribution in [0.3, 0.4) is 0 Å². The summed E-state index contributed by atoms with van der Waals surface area (Å²) in [5, 5.41) is 56.9. The van der Waals surface area contributed by atoms with E-state index >= 15 is 0 Å². The molecule has 0 spiro atoms. The number of aliphatic hydroxyl groups excluding tert-OH is 2. The van der Waals surface area contributed by atoms with Crippen LogP contribution in [0.25, 0.3) is 16.9 Å². The van der Waals surface area contributed by atoms with Crippen LogP contribution < -0.4 is 5.73 Å². The number of Topliss-reactive ketones (excluding diaryl/α,β-unsaturated/α-hetero) is 2. The average molecular weight is 521 g/mol. The molecule has 1 fully saturated rings. The Balaban J connectivity index is 1.83. The standard InChI is InChI=1S/C28H28N2O8/c1-27(37)14-11-15-21(30(2)3)23(33)19(26(29)36)25(35)28(15,38)24(34)17(14)22(32)18-16(31)10-9-13(20(18)27)12-7-5-4-6-8-12/h4-10,14-15,21,31-32,35,37-38H,11H2,1-3H3,(H2,29,36)/t14-,15-,21-,27-,28-/m1/s1. The lowest BCUT2D eigenvalue weighted by atomic mass is 9.54. The maximum atomic E-state index is 14.0. The van der Waals surface area contributed by atoms with Gasteiger partial charge in [-0.1, -0.05) is 36.4 Å². The summed E-state index contributed by atoms with van der Waals surface area (Å²) in [7, 11) is 3.02. The number of amides is 1. The molecular formula is C28H28N2O8. The molecule has 3 aliphatic carbocycles. The van der Waals surface area contributed by atoms with Crippen molar-refractivity contribution in [3.63, 3.8) is 0 Å². The van der Waals surface area contributed by atoms with E-state index in [0.717, 1.165) is 0 Å². The van der Waals surface area contributed by atoms with Crippen LogP contribution in [0, 0.1) is 11.8 Å². The zero-order chi connectivity index (χ0) is 27.9. The first-order valence-electron chi connectivity index (χ1n) is 12.0. The lowest BCUT2D eigenvalue weighted by molar-refractivity contribution is -0.159. The van der Waals surface area contributed by atoms with Crippen molar-refractivity contribution in [2.75, 3.05) is 14.1 Å². The number of hydrogen-bond donors (Lipinski definition) is 6. The Hall–Kier alpha value is -3.99. The number of primary amides is 1. The molecule has 10 nitrogen and oxygen atoms in total. The quantitative estimate of drug-likeness (QED) is 0.325. The van der Waals surface area contributed by atoms with E-state index in [1.165, 1.54) is 32.0 Å². The van der Waals surface area contributed by atoms with E-state index in [2.05, 4.69) is 0 Å². The predicted octanol–water partition coefficient (Wildman–Crippen LogP) is 1.30. The number of hydrogen-bond acceptors (Lipinski definition) is 9. The summed E-state index contributed by atoms with van der Waals surface area (Å²) >= 11 is 0. The Morgan fingerprint density at radius 1 is 1.03 bits per heavy atom. The van der Waals surface area contributed by atoms with Gasteiger partial charge in [0.05, 0.1) is 17.2 Å². The second kappa shape index (κ2) is 8.26. The number of aliphatic hydroxyl groups is 4. The van der Waals surface area contributed by atoms with Crippen molar-refractivity contribution in [1.82, 2.24) is 4.90 Å². The van der Waals surface area contributed by atoms with Gasteiger partial charge >= 0.3 is 0 Å². The van der Waals surface area contributed by atoms with Crippen LogP contribution in [0.2, 0.25) is 0 Å². The molecule has 5 rings (SSSR count). The van der Waals surface area contributed by atoms with Gasteiger partial charge in [-0.3, -0.25) is 19.3 Å². The van der Waals surface area contributed by atoms with Crippen molar-refractivity contribution in [2.45, 2.75) is 30.6 Å². The Morgan fingerprint density at radius 2 is 1.66 bits per heavy atom. The summed E-state index contributed by atoms with van der Waals surface area (Å²) in [6.45, 7) is 1.44. The fourth-order valence-electron chi connectivity index (χ4n) is 6.49. The smallest absolute Gasteiger partial charge is 0.255 e. The molecule has 38 heavy (non-hydrogen) atoms. The number of benzene rings is 2. The third-order valence-corrected chi connectivity index (χ3v) is 8.21. The summed E-state index contributed by atoms with van der Waals surface area (Å²) in [4.78, 5) is 40.8. The Morgan fingerprint density at radius 3 is 2.24 bits per heavy atom. The van der Waals surface area contributed by atoms with Crippen LogP contribution in [0.4, 0.5) is 0 Å². The summed E-state index contributed by atoms with van der Waals surface area (Å²) < 4.78 is 0. The van der Waals surface area contributed by atoms with E-state index in [1.807, 2.05) is 6.07 Å². The second-order valence-corrected chi connectivity index (χ2v) is 10.5. The number of nitrogens with two attached hydrogens (primary N) is 1. The van der Waals surface area contributed by atoms with Gasteiger partial charge in [0.2, 0.25) is 5.78 Å². The van der Waals surface area contributed by atoms with Crippen molar-refractivity contribution in [3.05, 3.63) is 70.5 Å². The van der Waals surface area contributed by atoms with Gasteiger partial charge in [-0.15, -0.1) is 0 Å². The number of aromatic hydroxyl groups is 1. The number of phenols is 1. The zero-order valence-electron chi connectivity index (χ0n) is 21.0. The van der Waals surface area contributed by atoms with Gasteiger partial charge in [-0.25, -0.2) is 0 Å². The summed E-state index contributed by atoms with van der Waals surface area (Å²) in [5.74, 6) is -8.08. The molecule has 0 radical (unpaired) electrons. The van der Waals surface area contributed by atoms with E-state index in [9.17, 15) is 39.9 Å². The van der Waals surface area contributed by atoms with Gasteiger partial charge in [0.25, 0.3) is 5.91 Å². The highest BCUT2D eigenvalue weighted by Crippen LogP contribution is 2.58. The molecule has 0 unspecified atom stereocenters. The van der Waals surface area contributed by atoms with Crippen LogP contribution in [-0.2, 0) is 20.0 Å². The fraction of sp³-hybridized carbons (Fsp3) is 0.321. The van der Waals surface area contributed by atoms with E-state index in [1.54, 1.807) is 30.3 Å². The van der Waals surface area contributed by atoms with Crippen molar-refractivity contribution >= 4 is 23.2 Å². The molecule has 5 atom stereocenters. The van der Waals surface area contributed by atoms with E-state index in [0.29, 0.717) is 11.1 Å². The normalized spacial score (nSPS) is 30.7. The van der Waals surface area contributed by atoms with E-state index in [-0.39, 0.29) is 17.5 Å².